The molecule has 2 rings (SSSR count). The van der Waals surface area contributed by atoms with E-state index in [2.05, 4.69) is 20.8 Å². The zero-order valence-corrected chi connectivity index (χ0v) is 12.6. The van der Waals surface area contributed by atoms with Crippen LogP contribution in [0.1, 0.15) is 42.2 Å². The Bertz CT molecular complexity index is 586. The monoisotopic (exact) mass is 298 g/mol. The fraction of sp³-hybridized carbons (Fsp3) is 0.333. The van der Waals surface area contributed by atoms with Crippen molar-refractivity contribution < 1.29 is 9.50 Å². The summed E-state index contributed by atoms with van der Waals surface area (Å²) in [4.78, 5) is 1.88. The second-order valence-corrected chi connectivity index (χ2v) is 7.07. The van der Waals surface area contributed by atoms with Crippen molar-refractivity contribution in [2.24, 2.45) is 0 Å². The van der Waals surface area contributed by atoms with Crippen LogP contribution in [0.25, 0.3) is 0 Å². The first-order valence-corrected chi connectivity index (χ1v) is 7.21. The maximum atomic E-state index is 13.7. The second kappa shape index (κ2) is 5.23. The van der Waals surface area contributed by atoms with Crippen LogP contribution in [-0.4, -0.2) is 5.11 Å². The van der Waals surface area contributed by atoms with E-state index in [0.717, 1.165) is 9.75 Å². The molecule has 0 bridgehead atoms. The second-order valence-electron chi connectivity index (χ2n) is 5.52. The van der Waals surface area contributed by atoms with Crippen LogP contribution in [0.2, 0.25) is 5.02 Å². The van der Waals surface area contributed by atoms with Crippen LogP contribution in [0.3, 0.4) is 0 Å². The van der Waals surface area contributed by atoms with Crippen molar-refractivity contribution >= 4 is 22.9 Å². The van der Waals surface area contributed by atoms with Crippen molar-refractivity contribution in [1.82, 2.24) is 0 Å². The summed E-state index contributed by atoms with van der Waals surface area (Å²) >= 11 is 7.35. The Morgan fingerprint density at radius 1 is 1.21 bits per heavy atom. The van der Waals surface area contributed by atoms with Crippen LogP contribution in [-0.2, 0) is 5.41 Å². The molecule has 19 heavy (non-hydrogen) atoms. The van der Waals surface area contributed by atoms with Gasteiger partial charge in [0.05, 0.1) is 0 Å². The molecule has 1 N–H and O–H groups in total. The first kappa shape index (κ1) is 14.5. The number of hydrogen-bond acceptors (Lipinski definition) is 2. The molecular weight excluding hydrogens is 283 g/mol. The molecule has 0 aliphatic heterocycles. The maximum Gasteiger partial charge on any atom is 0.129 e. The summed E-state index contributed by atoms with van der Waals surface area (Å²) in [7, 11) is 0. The summed E-state index contributed by atoms with van der Waals surface area (Å²) in [6.45, 7) is 6.32. The van der Waals surface area contributed by atoms with Gasteiger partial charge in [0.1, 0.15) is 11.9 Å². The van der Waals surface area contributed by atoms with Gasteiger partial charge in [-0.3, -0.25) is 0 Å². The smallest absolute Gasteiger partial charge is 0.129 e. The molecule has 2 aromatic rings. The Morgan fingerprint density at radius 2 is 1.89 bits per heavy atom. The Labute approximate surface area is 121 Å². The summed E-state index contributed by atoms with van der Waals surface area (Å²) in [5.41, 5.74) is 0.241. The number of rotatable bonds is 2. The molecule has 1 aromatic carbocycles. The number of hydrogen-bond donors (Lipinski definition) is 1. The minimum atomic E-state index is -0.972. The average Bonchev–Trinajstić information content (AvgIpc) is 2.80. The molecule has 4 heteroatoms. The summed E-state index contributed by atoms with van der Waals surface area (Å²) in [6.07, 6.45) is -0.972. The average molecular weight is 299 g/mol. The molecular formula is C15H16ClFOS. The Kier molecular flexibility index (Phi) is 4.00. The highest BCUT2D eigenvalue weighted by atomic mass is 35.5. The van der Waals surface area contributed by atoms with Gasteiger partial charge in [-0.25, -0.2) is 4.39 Å². The first-order chi connectivity index (χ1) is 8.79. The lowest BCUT2D eigenvalue weighted by molar-refractivity contribution is 0.219. The van der Waals surface area contributed by atoms with Crippen molar-refractivity contribution in [3.05, 3.63) is 56.5 Å². The van der Waals surface area contributed by atoms with Crippen molar-refractivity contribution in [3.63, 3.8) is 0 Å². The Morgan fingerprint density at radius 3 is 2.47 bits per heavy atom. The molecule has 0 saturated carbocycles. The van der Waals surface area contributed by atoms with Gasteiger partial charge in [0, 0.05) is 20.3 Å². The van der Waals surface area contributed by atoms with Gasteiger partial charge in [0.2, 0.25) is 0 Å². The molecule has 0 aliphatic carbocycles. The normalized spacial score (nSPS) is 13.6. The third-order valence-corrected chi connectivity index (χ3v) is 4.69. The van der Waals surface area contributed by atoms with Crippen LogP contribution < -0.4 is 0 Å². The topological polar surface area (TPSA) is 20.2 Å². The number of aliphatic hydroxyl groups is 1. The van der Waals surface area contributed by atoms with E-state index in [1.165, 1.54) is 29.5 Å². The number of halogens is 2. The van der Waals surface area contributed by atoms with E-state index in [-0.39, 0.29) is 11.0 Å². The molecule has 1 atom stereocenters. The molecule has 0 amide bonds. The zero-order valence-electron chi connectivity index (χ0n) is 11.1. The minimum Gasteiger partial charge on any atom is -0.383 e. The summed E-state index contributed by atoms with van der Waals surface area (Å²) in [6, 6.07) is 8.04. The van der Waals surface area contributed by atoms with Crippen LogP contribution in [0.5, 0.6) is 0 Å². The van der Waals surface area contributed by atoms with Crippen LogP contribution in [0.15, 0.2) is 30.3 Å². The van der Waals surface area contributed by atoms with Gasteiger partial charge in [0.15, 0.2) is 0 Å². The predicted molar refractivity (Wildman–Crippen MR) is 78.5 cm³/mol. The lowest BCUT2D eigenvalue weighted by atomic mass is 9.95. The highest BCUT2D eigenvalue weighted by Crippen LogP contribution is 2.35. The molecule has 0 aliphatic rings. The number of benzene rings is 1. The van der Waals surface area contributed by atoms with Crippen LogP contribution in [0.4, 0.5) is 4.39 Å². The number of aliphatic hydroxyl groups excluding tert-OH is 1. The first-order valence-electron chi connectivity index (χ1n) is 6.02. The highest BCUT2D eigenvalue weighted by Gasteiger charge is 2.21. The van der Waals surface area contributed by atoms with E-state index in [4.69, 9.17) is 11.6 Å². The fourth-order valence-corrected chi connectivity index (χ4v) is 3.03. The highest BCUT2D eigenvalue weighted by molar-refractivity contribution is 7.12. The molecule has 1 heterocycles. The van der Waals surface area contributed by atoms with E-state index in [1.54, 1.807) is 0 Å². The SMILES string of the molecule is CC(C)(C)c1ccc(C(O)c2cc(Cl)ccc2F)s1. The molecule has 1 nitrogen and oxygen atoms in total. The molecule has 0 fully saturated rings. The third-order valence-electron chi connectivity index (χ3n) is 2.89. The number of thiophene rings is 1. The van der Waals surface area contributed by atoms with Gasteiger partial charge in [-0.15, -0.1) is 11.3 Å². The predicted octanol–water partition coefficient (Wildman–Crippen LogP) is 4.92. The molecule has 0 spiro atoms. The van der Waals surface area contributed by atoms with Gasteiger partial charge in [-0.2, -0.15) is 0 Å². The van der Waals surface area contributed by atoms with Crippen molar-refractivity contribution in [1.29, 1.82) is 0 Å². The summed E-state index contributed by atoms with van der Waals surface area (Å²) in [5, 5.41) is 10.7. The van der Waals surface area contributed by atoms with Crippen LogP contribution in [0, 0.1) is 5.82 Å². The minimum absolute atomic E-state index is 0.0233. The molecule has 102 valence electrons. The summed E-state index contributed by atoms with van der Waals surface area (Å²) < 4.78 is 13.7. The quantitative estimate of drug-likeness (QED) is 0.834. The summed E-state index contributed by atoms with van der Waals surface area (Å²) in [5.74, 6) is -0.442. The van der Waals surface area contributed by atoms with Gasteiger partial charge in [-0.1, -0.05) is 32.4 Å². The van der Waals surface area contributed by atoms with E-state index >= 15 is 0 Å². The van der Waals surface area contributed by atoms with Gasteiger partial charge in [0.25, 0.3) is 0 Å². The van der Waals surface area contributed by atoms with Crippen molar-refractivity contribution in [2.75, 3.05) is 0 Å². The van der Waals surface area contributed by atoms with E-state index in [0.29, 0.717) is 5.02 Å². The maximum absolute atomic E-state index is 13.7. The Balaban J connectivity index is 2.36. The van der Waals surface area contributed by atoms with E-state index < -0.39 is 11.9 Å². The molecule has 0 radical (unpaired) electrons. The molecule has 1 unspecified atom stereocenters. The van der Waals surface area contributed by atoms with Crippen LogP contribution >= 0.6 is 22.9 Å². The standard InChI is InChI=1S/C15H16ClFOS/c1-15(2,3)13-7-6-12(19-13)14(18)10-8-9(16)4-5-11(10)17/h4-8,14,18H,1-3H3. The molecule has 0 saturated heterocycles. The van der Waals surface area contributed by atoms with Crippen molar-refractivity contribution in [2.45, 2.75) is 32.3 Å². The van der Waals surface area contributed by atoms with E-state index in [1.807, 2.05) is 12.1 Å². The molecule has 1 aromatic heterocycles. The van der Waals surface area contributed by atoms with Crippen molar-refractivity contribution in [3.8, 4) is 0 Å². The van der Waals surface area contributed by atoms with Gasteiger partial charge < -0.3 is 5.11 Å². The van der Waals surface area contributed by atoms with Gasteiger partial charge >= 0.3 is 0 Å². The largest absolute Gasteiger partial charge is 0.383 e. The zero-order chi connectivity index (χ0) is 14.2. The lowest BCUT2D eigenvalue weighted by Crippen LogP contribution is -2.08. The van der Waals surface area contributed by atoms with Gasteiger partial charge in [-0.05, 0) is 35.7 Å². The van der Waals surface area contributed by atoms with E-state index in [9.17, 15) is 9.50 Å². The third kappa shape index (κ3) is 3.16. The Hall–Kier alpha value is -0.900. The lowest BCUT2D eigenvalue weighted by Gasteiger charge is -2.16. The fourth-order valence-electron chi connectivity index (χ4n) is 1.78.